The maximum atomic E-state index is 13.9. The Morgan fingerprint density at radius 1 is 1.11 bits per heavy atom. The first kappa shape index (κ1) is 17.1. The average molecular weight is 413 g/mol. The summed E-state index contributed by atoms with van der Waals surface area (Å²) in [6.07, 6.45) is 1.44. The van der Waals surface area contributed by atoms with Crippen molar-refractivity contribution < 1.29 is 18.7 Å². The van der Waals surface area contributed by atoms with Crippen LogP contribution < -0.4 is 14.8 Å². The van der Waals surface area contributed by atoms with E-state index in [1.807, 2.05) is 6.07 Å². The molecular formula is C19H12FN3O3S2. The van der Waals surface area contributed by atoms with E-state index in [4.69, 9.17) is 9.47 Å². The molecule has 0 aliphatic carbocycles. The highest BCUT2D eigenvalue weighted by atomic mass is 32.1. The zero-order valence-electron chi connectivity index (χ0n) is 14.3. The van der Waals surface area contributed by atoms with Crippen molar-refractivity contribution in [3.05, 3.63) is 53.3 Å². The number of rotatable bonds is 3. The van der Waals surface area contributed by atoms with Gasteiger partial charge in [-0.05, 0) is 12.1 Å². The van der Waals surface area contributed by atoms with Crippen molar-refractivity contribution in [3.63, 3.8) is 0 Å². The molecule has 3 heterocycles. The number of fused-ring (bicyclic) bond motifs is 2. The van der Waals surface area contributed by atoms with E-state index >= 15 is 0 Å². The molecule has 0 unspecified atom stereocenters. The third-order valence-electron chi connectivity index (χ3n) is 4.11. The molecule has 0 atom stereocenters. The first-order chi connectivity index (χ1) is 13.7. The largest absolute Gasteiger partial charge is 0.486 e. The van der Waals surface area contributed by atoms with Gasteiger partial charge in [0.05, 0.1) is 16.4 Å². The normalized spacial score (nSPS) is 12.9. The van der Waals surface area contributed by atoms with Crippen LogP contribution in [0.15, 0.2) is 42.6 Å². The minimum atomic E-state index is -0.372. The van der Waals surface area contributed by atoms with Gasteiger partial charge < -0.3 is 9.47 Å². The van der Waals surface area contributed by atoms with Crippen LogP contribution in [0.4, 0.5) is 9.52 Å². The Labute approximate surface area is 166 Å². The molecule has 0 saturated carbocycles. The summed E-state index contributed by atoms with van der Waals surface area (Å²) in [4.78, 5) is 21.6. The Morgan fingerprint density at radius 2 is 1.89 bits per heavy atom. The summed E-state index contributed by atoms with van der Waals surface area (Å²) in [5, 5.41) is 3.70. The number of nitrogens with one attached hydrogen (secondary N) is 1. The maximum absolute atomic E-state index is 13.9. The average Bonchev–Trinajstić information content (AvgIpc) is 3.33. The fraction of sp³-hybridized carbons (Fsp3) is 0.105. The third-order valence-corrected chi connectivity index (χ3v) is 6.07. The molecule has 2 aromatic heterocycles. The summed E-state index contributed by atoms with van der Waals surface area (Å²) < 4.78 is 25.9. The molecule has 1 amide bonds. The number of anilines is 1. The van der Waals surface area contributed by atoms with Gasteiger partial charge in [-0.15, -0.1) is 11.3 Å². The molecule has 1 aliphatic rings. The minimum absolute atomic E-state index is 0.337. The van der Waals surface area contributed by atoms with Crippen LogP contribution in [0.1, 0.15) is 9.67 Å². The molecule has 0 spiro atoms. The first-order valence-corrected chi connectivity index (χ1v) is 10.0. The lowest BCUT2D eigenvalue weighted by atomic mass is 10.2. The van der Waals surface area contributed by atoms with E-state index in [1.165, 1.54) is 23.6 Å². The Morgan fingerprint density at radius 3 is 2.71 bits per heavy atom. The molecule has 28 heavy (non-hydrogen) atoms. The molecule has 0 saturated heterocycles. The molecule has 140 valence electrons. The number of benzene rings is 2. The second-order valence-corrected chi connectivity index (χ2v) is 8.01. The van der Waals surface area contributed by atoms with Gasteiger partial charge in [-0.3, -0.25) is 10.1 Å². The maximum Gasteiger partial charge on any atom is 0.269 e. The van der Waals surface area contributed by atoms with Crippen molar-refractivity contribution in [3.8, 4) is 22.1 Å². The lowest BCUT2D eigenvalue weighted by Crippen LogP contribution is -2.15. The smallest absolute Gasteiger partial charge is 0.269 e. The minimum Gasteiger partial charge on any atom is -0.486 e. The summed E-state index contributed by atoms with van der Waals surface area (Å²) in [6.45, 7) is 1.01. The summed E-state index contributed by atoms with van der Waals surface area (Å²) >= 11 is 2.47. The number of halogens is 1. The molecule has 5 rings (SSSR count). The van der Waals surface area contributed by atoms with Crippen LogP contribution >= 0.6 is 22.7 Å². The van der Waals surface area contributed by atoms with Crippen LogP contribution in [-0.2, 0) is 0 Å². The third kappa shape index (κ3) is 3.08. The van der Waals surface area contributed by atoms with Gasteiger partial charge >= 0.3 is 0 Å². The lowest BCUT2D eigenvalue weighted by molar-refractivity contribution is 0.103. The first-order valence-electron chi connectivity index (χ1n) is 8.39. The van der Waals surface area contributed by atoms with Gasteiger partial charge in [-0.25, -0.2) is 14.4 Å². The van der Waals surface area contributed by atoms with Crippen molar-refractivity contribution in [1.29, 1.82) is 0 Å². The van der Waals surface area contributed by atoms with E-state index in [0.717, 1.165) is 21.6 Å². The van der Waals surface area contributed by atoms with Crippen molar-refractivity contribution in [2.45, 2.75) is 0 Å². The monoisotopic (exact) mass is 413 g/mol. The van der Waals surface area contributed by atoms with Gasteiger partial charge in [0.2, 0.25) is 0 Å². The zero-order chi connectivity index (χ0) is 19.1. The molecule has 1 N–H and O–H groups in total. The highest BCUT2D eigenvalue weighted by Gasteiger charge is 2.18. The van der Waals surface area contributed by atoms with Crippen LogP contribution in [0, 0.1) is 5.82 Å². The van der Waals surface area contributed by atoms with Crippen molar-refractivity contribution in [1.82, 2.24) is 9.97 Å². The van der Waals surface area contributed by atoms with Gasteiger partial charge in [0.1, 0.15) is 28.9 Å². The highest BCUT2D eigenvalue weighted by molar-refractivity contribution is 7.22. The number of ether oxygens (including phenoxy) is 2. The van der Waals surface area contributed by atoms with Crippen LogP contribution in [0.2, 0.25) is 0 Å². The number of carbonyl (C=O) groups excluding carboxylic acids is 1. The van der Waals surface area contributed by atoms with Crippen molar-refractivity contribution in [2.24, 2.45) is 0 Å². The summed E-state index contributed by atoms with van der Waals surface area (Å²) in [5.74, 6) is 0.621. The summed E-state index contributed by atoms with van der Waals surface area (Å²) in [6, 6.07) is 10.0. The molecule has 2 aromatic carbocycles. The lowest BCUT2D eigenvalue weighted by Gasteiger charge is -2.17. The molecule has 4 aromatic rings. The zero-order valence-corrected chi connectivity index (χ0v) is 15.9. The van der Waals surface area contributed by atoms with Gasteiger partial charge in [0, 0.05) is 17.7 Å². The van der Waals surface area contributed by atoms with Gasteiger partial charge in [-0.1, -0.05) is 23.5 Å². The van der Waals surface area contributed by atoms with Crippen molar-refractivity contribution >= 4 is 43.9 Å². The second-order valence-electron chi connectivity index (χ2n) is 5.95. The van der Waals surface area contributed by atoms with Gasteiger partial charge in [-0.2, -0.15) is 0 Å². The highest BCUT2D eigenvalue weighted by Crippen LogP contribution is 2.38. The van der Waals surface area contributed by atoms with E-state index in [0.29, 0.717) is 45.3 Å². The molecule has 0 fully saturated rings. The topological polar surface area (TPSA) is 73.3 Å². The van der Waals surface area contributed by atoms with Gasteiger partial charge in [0.15, 0.2) is 16.6 Å². The fourth-order valence-corrected chi connectivity index (χ4v) is 4.52. The molecular weight excluding hydrogens is 401 g/mol. The van der Waals surface area contributed by atoms with E-state index < -0.39 is 0 Å². The standard InChI is InChI=1S/C19H12FN3O3S2/c20-11-4-2-1-3-10(11)18-21-9-16(27-18)17(24)23-19-22-12-7-13-14(8-15(12)28-19)26-6-5-25-13/h1-4,7-9H,5-6H2,(H,22,23,24). The molecule has 0 radical (unpaired) electrons. The van der Waals surface area contributed by atoms with Crippen LogP contribution in [0.25, 0.3) is 20.8 Å². The molecule has 1 aliphatic heterocycles. The van der Waals surface area contributed by atoms with Gasteiger partial charge in [0.25, 0.3) is 5.91 Å². The van der Waals surface area contributed by atoms with Crippen molar-refractivity contribution in [2.75, 3.05) is 18.5 Å². The second kappa shape index (κ2) is 6.84. The number of thiazole rings is 2. The molecule has 6 nitrogen and oxygen atoms in total. The molecule has 0 bridgehead atoms. The van der Waals surface area contributed by atoms with E-state index in [-0.39, 0.29) is 11.7 Å². The predicted octanol–water partition coefficient (Wildman–Crippen LogP) is 4.58. The SMILES string of the molecule is O=C(Nc1nc2cc3c(cc2s1)OCCO3)c1cnc(-c2ccccc2F)s1. The number of hydrogen-bond acceptors (Lipinski definition) is 7. The Hall–Kier alpha value is -3.04. The number of carbonyl (C=O) groups is 1. The van der Waals surface area contributed by atoms with E-state index in [9.17, 15) is 9.18 Å². The molecule has 9 heteroatoms. The Kier molecular flexibility index (Phi) is 4.18. The predicted molar refractivity (Wildman–Crippen MR) is 106 cm³/mol. The summed E-state index contributed by atoms with van der Waals surface area (Å²) in [5.41, 5.74) is 1.10. The number of amides is 1. The number of aromatic nitrogens is 2. The van der Waals surface area contributed by atoms with Crippen LogP contribution in [-0.4, -0.2) is 29.1 Å². The van der Waals surface area contributed by atoms with E-state index in [2.05, 4.69) is 15.3 Å². The van der Waals surface area contributed by atoms with Crippen LogP contribution in [0.3, 0.4) is 0 Å². The van der Waals surface area contributed by atoms with E-state index in [1.54, 1.807) is 24.3 Å². The Bertz CT molecular complexity index is 1160. The van der Waals surface area contributed by atoms with Crippen LogP contribution in [0.5, 0.6) is 11.5 Å². The summed E-state index contributed by atoms with van der Waals surface area (Å²) in [7, 11) is 0. The Balaban J connectivity index is 1.39. The number of hydrogen-bond donors (Lipinski definition) is 1. The number of nitrogens with zero attached hydrogens (tertiary/aromatic N) is 2. The quantitative estimate of drug-likeness (QED) is 0.532. The fourth-order valence-electron chi connectivity index (χ4n) is 2.82.